The smallest absolute Gasteiger partial charge is 0.305 e. The number of ether oxygens (including phenoxy) is 1. The minimum absolute atomic E-state index is 0.0901. The van der Waals surface area contributed by atoms with Crippen LogP contribution in [0.2, 0.25) is 0 Å². The van der Waals surface area contributed by atoms with E-state index in [1.54, 1.807) is 0 Å². The molecule has 4 saturated carbocycles. The van der Waals surface area contributed by atoms with Crippen LogP contribution >= 0.6 is 0 Å². The van der Waals surface area contributed by atoms with Gasteiger partial charge >= 0.3 is 5.97 Å². The molecule has 33 heavy (non-hydrogen) atoms. The van der Waals surface area contributed by atoms with E-state index >= 15 is 0 Å². The van der Waals surface area contributed by atoms with Crippen molar-refractivity contribution in [3.8, 4) is 0 Å². The summed E-state index contributed by atoms with van der Waals surface area (Å²) in [6, 6.07) is 0. The summed E-state index contributed by atoms with van der Waals surface area (Å²) < 4.78 is 5.07. The lowest BCUT2D eigenvalue weighted by Crippen LogP contribution is -2.62. The molecule has 4 aliphatic carbocycles. The van der Waals surface area contributed by atoms with E-state index in [9.17, 15) is 15.0 Å². The van der Waals surface area contributed by atoms with Gasteiger partial charge in [0.05, 0.1) is 18.8 Å². The van der Waals surface area contributed by atoms with Crippen LogP contribution in [0.25, 0.3) is 0 Å². The highest BCUT2D eigenvalue weighted by Crippen LogP contribution is 2.69. The summed E-state index contributed by atoms with van der Waals surface area (Å²) in [5.74, 6) is 3.06. The molecule has 0 aromatic rings. The minimum Gasteiger partial charge on any atom is -0.463 e. The fraction of sp³-hybridized carbons (Fsp3) is 0.964. The molecule has 5 heteroatoms. The van der Waals surface area contributed by atoms with Gasteiger partial charge < -0.3 is 20.1 Å². The van der Waals surface area contributed by atoms with Gasteiger partial charge in [-0.15, -0.1) is 0 Å². The molecule has 0 aliphatic heterocycles. The molecule has 190 valence electrons. The summed E-state index contributed by atoms with van der Waals surface area (Å²) in [6.45, 7) is 9.48. The lowest BCUT2D eigenvalue weighted by molar-refractivity contribution is -0.203. The van der Waals surface area contributed by atoms with E-state index in [-0.39, 0.29) is 42.2 Å². The standard InChI is InChI=1S/C28H48O5/c1-5-19-23-16-18(30)10-12-28(23,4)22-11-13-27(3)20(7-8-21(27)25(22)26(19)32)17(2)6-9-24(31)33-15-14-29/h17-23,25-26,29-30,32H,5-16H2,1-4H3/t17-,18-,19-,20-,21+,22+,23+,25+,26-,27-,28-/m1/s1. The third-order valence-electron chi connectivity index (χ3n) is 11.3. The van der Waals surface area contributed by atoms with Crippen molar-refractivity contribution < 1.29 is 24.9 Å². The molecule has 5 nitrogen and oxygen atoms in total. The summed E-state index contributed by atoms with van der Waals surface area (Å²) in [7, 11) is 0. The Labute approximate surface area is 200 Å². The van der Waals surface area contributed by atoms with Gasteiger partial charge in [0.15, 0.2) is 0 Å². The molecule has 0 heterocycles. The Balaban J connectivity index is 1.52. The maximum atomic E-state index is 12.0. The normalized spacial score (nSPS) is 47.8. The summed E-state index contributed by atoms with van der Waals surface area (Å²) in [4.78, 5) is 12.0. The molecule has 0 saturated heterocycles. The van der Waals surface area contributed by atoms with Gasteiger partial charge in [-0.2, -0.15) is 0 Å². The molecule has 11 atom stereocenters. The third kappa shape index (κ3) is 4.29. The SMILES string of the molecule is CC[C@H]1[C@@H](O)[C@@H]2[C@H](CC[C@]3(C)[C@@H]([C@H](C)CCC(=O)OCCO)CC[C@@H]23)[C@@]2(C)CC[C@@H](O)C[C@@H]12. The number of aliphatic hydroxyl groups excluding tert-OH is 3. The van der Waals surface area contributed by atoms with Gasteiger partial charge in [0.2, 0.25) is 0 Å². The molecule has 4 rings (SSSR count). The zero-order chi connectivity index (χ0) is 24.0. The predicted molar refractivity (Wildman–Crippen MR) is 128 cm³/mol. The van der Waals surface area contributed by atoms with Gasteiger partial charge in [-0.05, 0) is 104 Å². The number of aliphatic hydroxyl groups is 3. The Morgan fingerprint density at radius 3 is 2.42 bits per heavy atom. The quantitative estimate of drug-likeness (QED) is 0.481. The van der Waals surface area contributed by atoms with Gasteiger partial charge in [0.25, 0.3) is 0 Å². The van der Waals surface area contributed by atoms with Crippen LogP contribution in [0.5, 0.6) is 0 Å². The van der Waals surface area contributed by atoms with Gasteiger partial charge in [-0.1, -0.05) is 34.1 Å². The first-order valence-corrected chi connectivity index (χ1v) is 13.8. The van der Waals surface area contributed by atoms with Crippen molar-refractivity contribution in [2.24, 2.45) is 52.3 Å². The topological polar surface area (TPSA) is 87.0 Å². The van der Waals surface area contributed by atoms with E-state index in [4.69, 9.17) is 9.84 Å². The second-order valence-electron chi connectivity index (χ2n) is 12.6. The number of fused-ring (bicyclic) bond motifs is 5. The number of rotatable bonds is 7. The van der Waals surface area contributed by atoms with E-state index in [2.05, 4.69) is 27.7 Å². The zero-order valence-corrected chi connectivity index (χ0v) is 21.3. The molecule has 4 fully saturated rings. The Hall–Kier alpha value is -0.650. The highest BCUT2D eigenvalue weighted by molar-refractivity contribution is 5.69. The van der Waals surface area contributed by atoms with Crippen molar-refractivity contribution in [1.29, 1.82) is 0 Å². The Kier molecular flexibility index (Phi) is 7.54. The van der Waals surface area contributed by atoms with Crippen molar-refractivity contribution in [2.75, 3.05) is 13.2 Å². The van der Waals surface area contributed by atoms with Crippen molar-refractivity contribution in [3.05, 3.63) is 0 Å². The number of hydrogen-bond acceptors (Lipinski definition) is 5. The lowest BCUT2D eigenvalue weighted by atomic mass is 9.41. The van der Waals surface area contributed by atoms with Crippen LogP contribution in [-0.4, -0.2) is 46.7 Å². The largest absolute Gasteiger partial charge is 0.463 e. The highest BCUT2D eigenvalue weighted by atomic mass is 16.5. The molecular formula is C28H48O5. The predicted octanol–water partition coefficient (Wildman–Crippen LogP) is 4.56. The summed E-state index contributed by atoms with van der Waals surface area (Å²) >= 11 is 0. The van der Waals surface area contributed by atoms with Crippen molar-refractivity contribution in [3.63, 3.8) is 0 Å². The zero-order valence-electron chi connectivity index (χ0n) is 21.3. The molecule has 3 N–H and O–H groups in total. The Morgan fingerprint density at radius 1 is 1.03 bits per heavy atom. The first-order valence-electron chi connectivity index (χ1n) is 13.8. The average molecular weight is 465 g/mol. The fourth-order valence-electron chi connectivity index (χ4n) is 9.71. The van der Waals surface area contributed by atoms with Gasteiger partial charge in [-0.25, -0.2) is 0 Å². The van der Waals surface area contributed by atoms with Crippen LogP contribution in [-0.2, 0) is 9.53 Å². The van der Waals surface area contributed by atoms with Crippen LogP contribution in [0, 0.1) is 52.3 Å². The monoisotopic (exact) mass is 464 g/mol. The average Bonchev–Trinajstić information content (AvgIpc) is 3.14. The lowest BCUT2D eigenvalue weighted by Gasteiger charge is -2.64. The molecule has 0 aromatic carbocycles. The molecule has 0 bridgehead atoms. The van der Waals surface area contributed by atoms with Crippen LogP contribution < -0.4 is 0 Å². The third-order valence-corrected chi connectivity index (χ3v) is 11.3. The minimum atomic E-state index is -0.254. The van der Waals surface area contributed by atoms with Crippen LogP contribution in [0.3, 0.4) is 0 Å². The Bertz CT molecular complexity index is 696. The molecule has 0 unspecified atom stereocenters. The molecule has 0 amide bonds. The van der Waals surface area contributed by atoms with E-state index in [1.807, 2.05) is 0 Å². The summed E-state index contributed by atoms with van der Waals surface area (Å²) in [6.07, 6.45) is 9.48. The van der Waals surface area contributed by atoms with Crippen molar-refractivity contribution >= 4 is 5.97 Å². The maximum absolute atomic E-state index is 12.0. The molecular weight excluding hydrogens is 416 g/mol. The van der Waals surface area contributed by atoms with Crippen molar-refractivity contribution in [1.82, 2.24) is 0 Å². The van der Waals surface area contributed by atoms with E-state index in [1.165, 1.54) is 25.7 Å². The molecule has 0 radical (unpaired) electrons. The van der Waals surface area contributed by atoms with Crippen molar-refractivity contribution in [2.45, 2.75) is 104 Å². The number of carbonyl (C=O) groups is 1. The van der Waals surface area contributed by atoms with E-state index < -0.39 is 0 Å². The maximum Gasteiger partial charge on any atom is 0.305 e. The Morgan fingerprint density at radius 2 is 1.73 bits per heavy atom. The van der Waals surface area contributed by atoms with Crippen LogP contribution in [0.1, 0.15) is 91.9 Å². The molecule has 4 aliphatic rings. The fourth-order valence-corrected chi connectivity index (χ4v) is 9.71. The van der Waals surface area contributed by atoms with Gasteiger partial charge in [0.1, 0.15) is 6.61 Å². The number of hydrogen-bond donors (Lipinski definition) is 3. The highest BCUT2D eigenvalue weighted by Gasteiger charge is 2.64. The van der Waals surface area contributed by atoms with Gasteiger partial charge in [0, 0.05) is 6.42 Å². The second-order valence-corrected chi connectivity index (χ2v) is 12.6. The van der Waals surface area contributed by atoms with Crippen LogP contribution in [0.4, 0.5) is 0 Å². The number of carbonyl (C=O) groups excluding carboxylic acids is 1. The summed E-state index contributed by atoms with van der Waals surface area (Å²) in [5.41, 5.74) is 0.470. The first-order chi connectivity index (χ1) is 15.7. The first kappa shape index (κ1) is 25.4. The van der Waals surface area contributed by atoms with Gasteiger partial charge in [-0.3, -0.25) is 4.79 Å². The van der Waals surface area contributed by atoms with E-state index in [0.717, 1.165) is 32.1 Å². The molecule has 0 spiro atoms. The number of esters is 1. The second kappa shape index (κ2) is 9.78. The van der Waals surface area contributed by atoms with E-state index in [0.29, 0.717) is 47.8 Å². The molecule has 0 aromatic heterocycles. The van der Waals surface area contributed by atoms with Crippen LogP contribution in [0.15, 0.2) is 0 Å². The summed E-state index contributed by atoms with van der Waals surface area (Å²) in [5, 5.41) is 31.1.